The number of benzene rings is 1. The van der Waals surface area contributed by atoms with Gasteiger partial charge in [0.2, 0.25) is 5.91 Å². The van der Waals surface area contributed by atoms with Crippen LogP contribution in [0.15, 0.2) is 24.3 Å². The summed E-state index contributed by atoms with van der Waals surface area (Å²) in [7, 11) is 1.81. The smallest absolute Gasteiger partial charge is 0.239 e. The molecule has 1 rings (SSSR count). The first-order valence-electron chi connectivity index (χ1n) is 6.09. The van der Waals surface area contributed by atoms with Crippen LogP contribution in [0.1, 0.15) is 17.5 Å². The average Bonchev–Trinajstić information content (AvgIpc) is 2.35. The van der Waals surface area contributed by atoms with Crippen LogP contribution in [0.3, 0.4) is 0 Å². The van der Waals surface area contributed by atoms with Crippen LogP contribution in [0.2, 0.25) is 0 Å². The molecule has 1 atom stereocenters. The van der Waals surface area contributed by atoms with Crippen LogP contribution < -0.4 is 5.73 Å². The number of carbonyl (C=O) groups excluding carboxylic acids is 1. The highest BCUT2D eigenvalue weighted by Gasteiger charge is 2.17. The number of nitrogens with two attached hydrogens (primary N) is 1. The van der Waals surface area contributed by atoms with Gasteiger partial charge < -0.3 is 10.6 Å². The molecule has 100 valence electrons. The number of hydrogen-bond donors (Lipinski definition) is 1. The van der Waals surface area contributed by atoms with Gasteiger partial charge in [-0.05, 0) is 30.9 Å². The second-order valence-electron chi connectivity index (χ2n) is 4.57. The molecule has 0 bridgehead atoms. The third-order valence-electron chi connectivity index (χ3n) is 2.83. The van der Waals surface area contributed by atoms with Gasteiger partial charge in [-0.1, -0.05) is 29.8 Å². The minimum Gasteiger partial charge on any atom is -0.340 e. The Labute approximate surface area is 114 Å². The van der Waals surface area contributed by atoms with E-state index in [1.165, 1.54) is 5.56 Å². The average molecular weight is 266 g/mol. The van der Waals surface area contributed by atoms with Crippen molar-refractivity contribution in [2.24, 2.45) is 5.73 Å². The van der Waals surface area contributed by atoms with Crippen molar-refractivity contribution in [3.05, 3.63) is 35.4 Å². The molecule has 0 spiro atoms. The topological polar surface area (TPSA) is 46.3 Å². The molecule has 2 N–H and O–H groups in total. The number of hydrogen-bond acceptors (Lipinski definition) is 3. The number of thioether (sulfide) groups is 1. The summed E-state index contributed by atoms with van der Waals surface area (Å²) >= 11 is 1.71. The maximum Gasteiger partial charge on any atom is 0.239 e. The first-order valence-corrected chi connectivity index (χ1v) is 7.49. The van der Waals surface area contributed by atoms with Gasteiger partial charge in [0.15, 0.2) is 0 Å². The van der Waals surface area contributed by atoms with E-state index >= 15 is 0 Å². The van der Waals surface area contributed by atoms with Gasteiger partial charge in [0.05, 0.1) is 6.04 Å². The Bertz CT molecular complexity index is 395. The fourth-order valence-corrected chi connectivity index (χ4v) is 2.30. The zero-order valence-corrected chi connectivity index (χ0v) is 12.2. The van der Waals surface area contributed by atoms with E-state index in [4.69, 9.17) is 5.73 Å². The molecule has 0 radical (unpaired) electrons. The number of carbonyl (C=O) groups is 1. The lowest BCUT2D eigenvalue weighted by Gasteiger charge is -2.21. The summed E-state index contributed by atoms with van der Waals surface area (Å²) in [6.45, 7) is 2.67. The summed E-state index contributed by atoms with van der Waals surface area (Å²) in [5.41, 5.74) is 8.23. The highest BCUT2D eigenvalue weighted by Crippen LogP contribution is 2.08. The molecular formula is C14H22N2OS. The Balaban J connectivity index is 2.54. The molecule has 4 heteroatoms. The first-order chi connectivity index (χ1) is 8.54. The fraction of sp³-hybridized carbons (Fsp3) is 0.500. The van der Waals surface area contributed by atoms with E-state index in [0.717, 1.165) is 17.7 Å². The Morgan fingerprint density at radius 2 is 2.22 bits per heavy atom. The van der Waals surface area contributed by atoms with Crippen molar-refractivity contribution in [2.75, 3.05) is 19.1 Å². The highest BCUT2D eigenvalue weighted by molar-refractivity contribution is 7.98. The van der Waals surface area contributed by atoms with Gasteiger partial charge in [-0.25, -0.2) is 0 Å². The van der Waals surface area contributed by atoms with Crippen LogP contribution >= 0.6 is 11.8 Å². The van der Waals surface area contributed by atoms with Gasteiger partial charge in [-0.2, -0.15) is 11.8 Å². The number of likely N-dealkylation sites (N-methyl/N-ethyl adjacent to an activating group) is 1. The van der Waals surface area contributed by atoms with Gasteiger partial charge in [0.25, 0.3) is 0 Å². The van der Waals surface area contributed by atoms with Crippen LogP contribution in [0.5, 0.6) is 0 Å². The van der Waals surface area contributed by atoms with Crippen LogP contribution in [0, 0.1) is 6.92 Å². The van der Waals surface area contributed by atoms with Gasteiger partial charge in [0, 0.05) is 13.6 Å². The molecule has 0 aromatic heterocycles. The van der Waals surface area contributed by atoms with E-state index in [9.17, 15) is 4.79 Å². The SMILES string of the molecule is CSCC[C@@H](N)C(=O)N(C)Cc1cccc(C)c1. The minimum absolute atomic E-state index is 0.0190. The molecule has 0 aliphatic rings. The lowest BCUT2D eigenvalue weighted by molar-refractivity contribution is -0.131. The van der Waals surface area contributed by atoms with E-state index in [-0.39, 0.29) is 11.9 Å². The highest BCUT2D eigenvalue weighted by atomic mass is 32.2. The maximum atomic E-state index is 12.0. The summed E-state index contributed by atoms with van der Waals surface area (Å²) in [6.07, 6.45) is 2.76. The molecule has 1 aromatic carbocycles. The van der Waals surface area contributed by atoms with Crippen LogP contribution in [0.4, 0.5) is 0 Å². The number of aryl methyl sites for hydroxylation is 1. The number of nitrogens with zero attached hydrogens (tertiary/aromatic N) is 1. The fourth-order valence-electron chi connectivity index (χ4n) is 1.81. The predicted octanol–water partition coefficient (Wildman–Crippen LogP) is 2.03. The molecule has 18 heavy (non-hydrogen) atoms. The molecule has 0 saturated heterocycles. The molecule has 0 unspecified atom stereocenters. The van der Waals surface area contributed by atoms with E-state index in [0.29, 0.717) is 6.54 Å². The third kappa shape index (κ3) is 4.70. The lowest BCUT2D eigenvalue weighted by Crippen LogP contribution is -2.41. The maximum absolute atomic E-state index is 12.0. The Morgan fingerprint density at radius 1 is 1.50 bits per heavy atom. The number of rotatable bonds is 6. The summed E-state index contributed by atoms with van der Waals surface area (Å²) < 4.78 is 0. The van der Waals surface area contributed by atoms with E-state index in [2.05, 4.69) is 19.1 Å². The van der Waals surface area contributed by atoms with Crippen molar-refractivity contribution in [3.63, 3.8) is 0 Å². The van der Waals surface area contributed by atoms with Gasteiger partial charge in [-0.15, -0.1) is 0 Å². The van der Waals surface area contributed by atoms with Gasteiger partial charge >= 0.3 is 0 Å². The van der Waals surface area contributed by atoms with Crippen molar-refractivity contribution >= 4 is 17.7 Å². The lowest BCUT2D eigenvalue weighted by atomic mass is 10.1. The summed E-state index contributed by atoms with van der Waals surface area (Å²) in [5.74, 6) is 0.941. The molecule has 0 saturated carbocycles. The summed E-state index contributed by atoms with van der Waals surface area (Å²) in [4.78, 5) is 13.7. The van der Waals surface area contributed by atoms with E-state index < -0.39 is 0 Å². The van der Waals surface area contributed by atoms with Crippen molar-refractivity contribution in [2.45, 2.75) is 25.9 Å². The Morgan fingerprint density at radius 3 is 2.83 bits per heavy atom. The van der Waals surface area contributed by atoms with Crippen molar-refractivity contribution in [1.29, 1.82) is 0 Å². The van der Waals surface area contributed by atoms with E-state index in [1.54, 1.807) is 16.7 Å². The second-order valence-corrected chi connectivity index (χ2v) is 5.56. The predicted molar refractivity (Wildman–Crippen MR) is 78.6 cm³/mol. The zero-order valence-electron chi connectivity index (χ0n) is 11.3. The molecule has 1 aromatic rings. The first kappa shape index (κ1) is 15.1. The van der Waals surface area contributed by atoms with Crippen molar-refractivity contribution in [3.8, 4) is 0 Å². The normalized spacial score (nSPS) is 12.2. The van der Waals surface area contributed by atoms with Crippen LogP contribution in [0.25, 0.3) is 0 Å². The van der Waals surface area contributed by atoms with Crippen molar-refractivity contribution < 1.29 is 4.79 Å². The van der Waals surface area contributed by atoms with Crippen LogP contribution in [-0.4, -0.2) is 35.9 Å². The molecule has 0 fully saturated rings. The summed E-state index contributed by atoms with van der Waals surface area (Å²) in [6, 6.07) is 7.81. The zero-order chi connectivity index (χ0) is 13.5. The molecule has 0 aliphatic carbocycles. The minimum atomic E-state index is -0.382. The monoisotopic (exact) mass is 266 g/mol. The molecule has 3 nitrogen and oxygen atoms in total. The number of amides is 1. The second kappa shape index (κ2) is 7.44. The van der Waals surface area contributed by atoms with E-state index in [1.807, 2.05) is 25.4 Å². The largest absolute Gasteiger partial charge is 0.340 e. The van der Waals surface area contributed by atoms with Gasteiger partial charge in [-0.3, -0.25) is 4.79 Å². The molecule has 0 aliphatic heterocycles. The Hall–Kier alpha value is -1.00. The van der Waals surface area contributed by atoms with Crippen LogP contribution in [-0.2, 0) is 11.3 Å². The van der Waals surface area contributed by atoms with Gasteiger partial charge in [0.1, 0.15) is 0 Å². The molecular weight excluding hydrogens is 244 g/mol. The quantitative estimate of drug-likeness (QED) is 0.857. The third-order valence-corrected chi connectivity index (χ3v) is 3.47. The van der Waals surface area contributed by atoms with Crippen molar-refractivity contribution in [1.82, 2.24) is 4.90 Å². The molecule has 1 amide bonds. The summed E-state index contributed by atoms with van der Waals surface area (Å²) in [5, 5.41) is 0. The Kier molecular flexibility index (Phi) is 6.22. The molecule has 0 heterocycles. The standard InChI is InChI=1S/C14H22N2OS/c1-11-5-4-6-12(9-11)10-16(2)14(17)13(15)7-8-18-3/h4-6,9,13H,7-8,10,15H2,1-3H3/t13-/m1/s1.